The van der Waals surface area contributed by atoms with E-state index in [1.807, 2.05) is 0 Å². The van der Waals surface area contributed by atoms with Crippen molar-refractivity contribution in [3.8, 4) is 0 Å². The molecule has 1 saturated heterocycles. The summed E-state index contributed by atoms with van der Waals surface area (Å²) in [7, 11) is 0. The maximum absolute atomic E-state index is 10.7. The van der Waals surface area contributed by atoms with E-state index in [1.54, 1.807) is 0 Å². The van der Waals surface area contributed by atoms with E-state index in [9.17, 15) is 4.79 Å². The molecule has 0 spiro atoms. The van der Waals surface area contributed by atoms with Crippen molar-refractivity contribution in [3.63, 3.8) is 0 Å². The van der Waals surface area contributed by atoms with Crippen LogP contribution in [0.25, 0.3) is 0 Å². The van der Waals surface area contributed by atoms with Crippen LogP contribution in [0.1, 0.15) is 22.7 Å². The summed E-state index contributed by atoms with van der Waals surface area (Å²) < 4.78 is 5.02. The van der Waals surface area contributed by atoms with Gasteiger partial charge in [0.05, 0.1) is 13.2 Å². The molecule has 1 aromatic heterocycles. The van der Waals surface area contributed by atoms with Crippen LogP contribution >= 0.6 is 0 Å². The third-order valence-electron chi connectivity index (χ3n) is 3.25. The van der Waals surface area contributed by atoms with Crippen molar-refractivity contribution in [2.24, 2.45) is 0 Å². The fourth-order valence-corrected chi connectivity index (χ4v) is 2.26. The number of aliphatic hydroxyl groups is 1. The predicted octanol–water partition coefficient (Wildman–Crippen LogP) is -0.127. The first-order valence-electron chi connectivity index (χ1n) is 6.43. The minimum atomic E-state index is -1.07. The van der Waals surface area contributed by atoms with Gasteiger partial charge in [-0.3, -0.25) is 9.80 Å². The molecule has 0 radical (unpaired) electrons. The molecule has 0 bridgehead atoms. The van der Waals surface area contributed by atoms with Crippen LogP contribution in [0.4, 0.5) is 0 Å². The zero-order valence-electron chi connectivity index (χ0n) is 10.8. The Morgan fingerprint density at radius 3 is 2.74 bits per heavy atom. The Morgan fingerprint density at radius 2 is 2.05 bits per heavy atom. The third kappa shape index (κ3) is 4.02. The highest BCUT2D eigenvalue weighted by molar-refractivity contribution is 5.85. The quantitative estimate of drug-likeness (QED) is 0.769. The maximum Gasteiger partial charge on any atom is 0.358 e. The van der Waals surface area contributed by atoms with Crippen molar-refractivity contribution < 1.29 is 19.5 Å². The number of aliphatic hydroxyl groups excluding tert-OH is 1. The minimum Gasteiger partial charge on any atom is -0.476 e. The second kappa shape index (κ2) is 6.65. The van der Waals surface area contributed by atoms with Crippen LogP contribution in [-0.4, -0.2) is 70.5 Å². The summed E-state index contributed by atoms with van der Waals surface area (Å²) in [6, 6.07) is 1.47. The van der Waals surface area contributed by atoms with Crippen molar-refractivity contribution in [3.05, 3.63) is 17.5 Å². The number of carboxylic acids is 1. The SMILES string of the molecule is O=C(O)c1cc(CN2CCCN(CCO)CC2)on1. The first kappa shape index (κ1) is 14.0. The van der Waals surface area contributed by atoms with Gasteiger partial charge >= 0.3 is 5.97 Å². The van der Waals surface area contributed by atoms with Crippen molar-refractivity contribution in [2.45, 2.75) is 13.0 Å². The largest absolute Gasteiger partial charge is 0.476 e. The van der Waals surface area contributed by atoms with E-state index in [4.69, 9.17) is 14.7 Å². The Hall–Kier alpha value is -1.44. The first-order valence-corrected chi connectivity index (χ1v) is 6.43. The van der Waals surface area contributed by atoms with Gasteiger partial charge in [0.2, 0.25) is 0 Å². The fraction of sp³-hybridized carbons (Fsp3) is 0.667. The Balaban J connectivity index is 1.86. The number of hydrogen-bond donors (Lipinski definition) is 2. The number of rotatable bonds is 5. The molecule has 2 N–H and O–H groups in total. The maximum atomic E-state index is 10.7. The summed E-state index contributed by atoms with van der Waals surface area (Å²) in [5.74, 6) is -0.493. The highest BCUT2D eigenvalue weighted by Gasteiger charge is 2.17. The zero-order chi connectivity index (χ0) is 13.7. The second-order valence-electron chi connectivity index (χ2n) is 4.68. The summed E-state index contributed by atoms with van der Waals surface area (Å²) in [6.07, 6.45) is 1.03. The molecule has 0 saturated carbocycles. The van der Waals surface area contributed by atoms with Gasteiger partial charge in [-0.2, -0.15) is 0 Å². The van der Waals surface area contributed by atoms with Crippen LogP contribution in [0.5, 0.6) is 0 Å². The van der Waals surface area contributed by atoms with Crippen molar-refractivity contribution >= 4 is 5.97 Å². The zero-order valence-corrected chi connectivity index (χ0v) is 10.8. The van der Waals surface area contributed by atoms with E-state index in [-0.39, 0.29) is 12.3 Å². The lowest BCUT2D eigenvalue weighted by molar-refractivity contribution is 0.0685. The predicted molar refractivity (Wildman–Crippen MR) is 66.9 cm³/mol. The Kier molecular flexibility index (Phi) is 4.89. The highest BCUT2D eigenvalue weighted by atomic mass is 16.5. The Labute approximate surface area is 111 Å². The molecule has 0 aliphatic carbocycles. The molecule has 0 atom stereocenters. The molecule has 2 rings (SSSR count). The van der Waals surface area contributed by atoms with Gasteiger partial charge in [-0.05, 0) is 19.5 Å². The smallest absolute Gasteiger partial charge is 0.358 e. The Morgan fingerprint density at radius 1 is 1.32 bits per heavy atom. The molecule has 0 aromatic carbocycles. The molecule has 1 fully saturated rings. The van der Waals surface area contributed by atoms with Crippen molar-refractivity contribution in [1.82, 2.24) is 15.0 Å². The standard InChI is InChI=1S/C12H19N3O4/c16-7-6-14-2-1-3-15(5-4-14)9-10-8-11(12(17)18)13-19-10/h8,16H,1-7,9H2,(H,17,18). The van der Waals surface area contributed by atoms with Gasteiger partial charge in [0.25, 0.3) is 0 Å². The number of carbonyl (C=O) groups is 1. The van der Waals surface area contributed by atoms with Crippen molar-refractivity contribution in [1.29, 1.82) is 0 Å². The summed E-state index contributed by atoms with van der Waals surface area (Å²) in [5, 5.41) is 21.2. The molecule has 1 aliphatic heterocycles. The molecule has 0 amide bonds. The van der Waals surface area contributed by atoms with Gasteiger partial charge < -0.3 is 14.7 Å². The van der Waals surface area contributed by atoms with Crippen LogP contribution in [-0.2, 0) is 6.54 Å². The van der Waals surface area contributed by atoms with Gasteiger partial charge in [0.15, 0.2) is 11.5 Å². The molecule has 1 aromatic rings. The van der Waals surface area contributed by atoms with Crippen LogP contribution in [0, 0.1) is 0 Å². The second-order valence-corrected chi connectivity index (χ2v) is 4.68. The van der Waals surface area contributed by atoms with Gasteiger partial charge in [-0.25, -0.2) is 4.79 Å². The lowest BCUT2D eigenvalue weighted by Crippen LogP contribution is -2.32. The number of carboxylic acid groups (broad SMARTS) is 1. The van der Waals surface area contributed by atoms with Crippen LogP contribution in [0.15, 0.2) is 10.6 Å². The minimum absolute atomic E-state index is 0.0493. The molecule has 19 heavy (non-hydrogen) atoms. The van der Waals surface area contributed by atoms with E-state index in [1.165, 1.54) is 6.07 Å². The summed E-state index contributed by atoms with van der Waals surface area (Å²) >= 11 is 0. The normalized spacial score (nSPS) is 18.4. The highest BCUT2D eigenvalue weighted by Crippen LogP contribution is 2.10. The molecule has 1 aliphatic rings. The van der Waals surface area contributed by atoms with E-state index >= 15 is 0 Å². The lowest BCUT2D eigenvalue weighted by atomic mass is 10.3. The number of aromatic nitrogens is 1. The summed E-state index contributed by atoms with van der Waals surface area (Å²) in [5.41, 5.74) is -0.0493. The lowest BCUT2D eigenvalue weighted by Gasteiger charge is -2.19. The number of hydrogen-bond acceptors (Lipinski definition) is 6. The van der Waals surface area contributed by atoms with Crippen molar-refractivity contribution in [2.75, 3.05) is 39.3 Å². The van der Waals surface area contributed by atoms with Gasteiger partial charge in [-0.15, -0.1) is 0 Å². The van der Waals surface area contributed by atoms with Crippen LogP contribution < -0.4 is 0 Å². The van der Waals surface area contributed by atoms with E-state index in [0.717, 1.165) is 32.6 Å². The average Bonchev–Trinajstić information content (AvgIpc) is 2.73. The number of aromatic carboxylic acids is 1. The molecule has 7 nitrogen and oxygen atoms in total. The molecular formula is C12H19N3O4. The summed E-state index contributed by atoms with van der Waals surface area (Å²) in [6.45, 7) is 5.17. The van der Waals surface area contributed by atoms with Gasteiger partial charge in [-0.1, -0.05) is 5.16 Å². The van der Waals surface area contributed by atoms with Crippen LogP contribution in [0.3, 0.4) is 0 Å². The average molecular weight is 269 g/mol. The van der Waals surface area contributed by atoms with Crippen LogP contribution in [0.2, 0.25) is 0 Å². The van der Waals surface area contributed by atoms with E-state index < -0.39 is 5.97 Å². The van der Waals surface area contributed by atoms with Gasteiger partial charge in [0.1, 0.15) is 0 Å². The summed E-state index contributed by atoms with van der Waals surface area (Å²) in [4.78, 5) is 15.1. The topological polar surface area (TPSA) is 90.0 Å². The number of β-amino-alcohol motifs (C(OH)–C–C–N with tert-alkyl or cyclic N) is 1. The number of nitrogens with zero attached hydrogens (tertiary/aromatic N) is 3. The van der Waals surface area contributed by atoms with E-state index in [0.29, 0.717) is 18.8 Å². The van der Waals surface area contributed by atoms with Gasteiger partial charge in [0, 0.05) is 25.7 Å². The fourth-order valence-electron chi connectivity index (χ4n) is 2.26. The Bertz CT molecular complexity index is 421. The molecule has 106 valence electrons. The first-order chi connectivity index (χ1) is 9.19. The third-order valence-corrected chi connectivity index (χ3v) is 3.25. The molecule has 2 heterocycles. The molecule has 7 heteroatoms. The molecule has 0 unspecified atom stereocenters. The molecular weight excluding hydrogens is 250 g/mol. The monoisotopic (exact) mass is 269 g/mol. The van der Waals surface area contributed by atoms with E-state index in [2.05, 4.69) is 15.0 Å².